The van der Waals surface area contributed by atoms with Crippen LogP contribution in [0.2, 0.25) is 0 Å². The van der Waals surface area contributed by atoms with Crippen molar-refractivity contribution in [1.82, 2.24) is 5.32 Å². The Bertz CT molecular complexity index is 599. The average molecular weight is 285 g/mol. The maximum Gasteiger partial charge on any atom is 0.126 e. The van der Waals surface area contributed by atoms with Crippen LogP contribution in [-0.2, 0) is 0 Å². The summed E-state index contributed by atoms with van der Waals surface area (Å²) in [4.78, 5) is 0. The Morgan fingerprint density at radius 3 is 2.24 bits per heavy atom. The van der Waals surface area contributed by atoms with E-state index in [4.69, 9.17) is 0 Å². The second kappa shape index (κ2) is 6.86. The lowest BCUT2D eigenvalue weighted by Gasteiger charge is -2.24. The van der Waals surface area contributed by atoms with E-state index in [0.717, 1.165) is 18.5 Å². The van der Waals surface area contributed by atoms with Gasteiger partial charge in [0.1, 0.15) is 5.82 Å². The van der Waals surface area contributed by atoms with Crippen molar-refractivity contribution in [3.05, 3.63) is 70.0 Å². The highest BCUT2D eigenvalue weighted by Gasteiger charge is 2.18. The molecular weight excluding hydrogens is 261 g/mol. The van der Waals surface area contributed by atoms with Crippen LogP contribution in [0.5, 0.6) is 0 Å². The first-order chi connectivity index (χ1) is 10.0. The van der Waals surface area contributed by atoms with Gasteiger partial charge in [0.15, 0.2) is 0 Å². The minimum atomic E-state index is -0.144. The summed E-state index contributed by atoms with van der Waals surface area (Å²) in [6.45, 7) is 9.19. The summed E-state index contributed by atoms with van der Waals surface area (Å²) in [6, 6.07) is 11.9. The van der Waals surface area contributed by atoms with Crippen molar-refractivity contribution in [2.24, 2.45) is 0 Å². The van der Waals surface area contributed by atoms with Crippen molar-refractivity contribution in [2.75, 3.05) is 6.54 Å². The number of rotatable bonds is 5. The SMILES string of the molecule is CCCNC(c1ccc(F)c(C)c1)c1c(C)cccc1C. The second-order valence-corrected chi connectivity index (χ2v) is 5.70. The molecule has 0 fully saturated rings. The Morgan fingerprint density at radius 2 is 1.67 bits per heavy atom. The smallest absolute Gasteiger partial charge is 0.126 e. The van der Waals surface area contributed by atoms with E-state index in [1.54, 1.807) is 6.07 Å². The molecule has 0 aliphatic heterocycles. The van der Waals surface area contributed by atoms with E-state index < -0.39 is 0 Å². The van der Waals surface area contributed by atoms with Crippen molar-refractivity contribution < 1.29 is 4.39 Å². The molecule has 21 heavy (non-hydrogen) atoms. The Balaban J connectivity index is 2.49. The maximum absolute atomic E-state index is 13.6. The number of aryl methyl sites for hydroxylation is 3. The first-order valence-electron chi connectivity index (χ1n) is 7.60. The number of hydrogen-bond donors (Lipinski definition) is 1. The number of halogens is 1. The van der Waals surface area contributed by atoms with E-state index in [1.165, 1.54) is 16.7 Å². The van der Waals surface area contributed by atoms with Crippen molar-refractivity contribution in [2.45, 2.75) is 40.2 Å². The first kappa shape index (κ1) is 15.7. The van der Waals surface area contributed by atoms with Gasteiger partial charge in [0, 0.05) is 0 Å². The molecule has 112 valence electrons. The normalized spacial score (nSPS) is 12.4. The Labute approximate surface area is 127 Å². The minimum Gasteiger partial charge on any atom is -0.306 e. The lowest BCUT2D eigenvalue weighted by Crippen LogP contribution is -2.25. The Morgan fingerprint density at radius 1 is 1.00 bits per heavy atom. The Hall–Kier alpha value is -1.67. The van der Waals surface area contributed by atoms with Crippen LogP contribution in [0.3, 0.4) is 0 Å². The van der Waals surface area contributed by atoms with Gasteiger partial charge in [-0.1, -0.05) is 37.3 Å². The fourth-order valence-electron chi connectivity index (χ4n) is 2.81. The summed E-state index contributed by atoms with van der Waals surface area (Å²) in [6.07, 6.45) is 1.07. The first-order valence-corrected chi connectivity index (χ1v) is 7.60. The van der Waals surface area contributed by atoms with Crippen LogP contribution in [0, 0.1) is 26.6 Å². The van der Waals surface area contributed by atoms with Gasteiger partial charge in [0.2, 0.25) is 0 Å². The molecule has 0 saturated heterocycles. The van der Waals surface area contributed by atoms with Crippen LogP contribution < -0.4 is 5.32 Å². The lowest BCUT2D eigenvalue weighted by molar-refractivity contribution is 0.586. The molecule has 1 nitrogen and oxygen atoms in total. The van der Waals surface area contributed by atoms with Crippen molar-refractivity contribution in [3.63, 3.8) is 0 Å². The van der Waals surface area contributed by atoms with Gasteiger partial charge in [-0.15, -0.1) is 0 Å². The largest absolute Gasteiger partial charge is 0.306 e. The molecule has 0 spiro atoms. The van der Waals surface area contributed by atoms with Crippen molar-refractivity contribution in [1.29, 1.82) is 0 Å². The summed E-state index contributed by atoms with van der Waals surface area (Å²) in [5.41, 5.74) is 5.66. The molecule has 1 atom stereocenters. The van der Waals surface area contributed by atoms with E-state index in [0.29, 0.717) is 5.56 Å². The molecule has 0 saturated carbocycles. The monoisotopic (exact) mass is 285 g/mol. The van der Waals surface area contributed by atoms with Gasteiger partial charge in [0.25, 0.3) is 0 Å². The summed E-state index contributed by atoms with van der Waals surface area (Å²) < 4.78 is 13.6. The third-order valence-electron chi connectivity index (χ3n) is 3.94. The maximum atomic E-state index is 13.6. The van der Waals surface area contributed by atoms with Gasteiger partial charge in [-0.05, 0) is 67.6 Å². The topological polar surface area (TPSA) is 12.0 Å². The summed E-state index contributed by atoms with van der Waals surface area (Å²) in [5, 5.41) is 3.61. The average Bonchev–Trinajstić information content (AvgIpc) is 2.45. The lowest BCUT2D eigenvalue weighted by atomic mass is 9.90. The highest BCUT2D eigenvalue weighted by atomic mass is 19.1. The number of hydrogen-bond acceptors (Lipinski definition) is 1. The van der Waals surface area contributed by atoms with Gasteiger partial charge >= 0.3 is 0 Å². The molecule has 0 bridgehead atoms. The van der Waals surface area contributed by atoms with Crippen LogP contribution in [-0.4, -0.2) is 6.54 Å². The van der Waals surface area contributed by atoms with Crippen LogP contribution in [0.1, 0.15) is 47.2 Å². The number of benzene rings is 2. The molecule has 2 rings (SSSR count). The van der Waals surface area contributed by atoms with Crippen LogP contribution in [0.4, 0.5) is 4.39 Å². The molecule has 1 unspecified atom stereocenters. The molecule has 2 aromatic rings. The molecule has 0 radical (unpaired) electrons. The van der Waals surface area contributed by atoms with Crippen LogP contribution >= 0.6 is 0 Å². The van der Waals surface area contributed by atoms with Gasteiger partial charge in [-0.3, -0.25) is 0 Å². The molecular formula is C19H24FN. The zero-order valence-corrected chi connectivity index (χ0v) is 13.3. The fourth-order valence-corrected chi connectivity index (χ4v) is 2.81. The van der Waals surface area contributed by atoms with E-state index in [9.17, 15) is 4.39 Å². The Kier molecular flexibility index (Phi) is 5.13. The highest BCUT2D eigenvalue weighted by molar-refractivity contribution is 5.42. The zero-order chi connectivity index (χ0) is 15.4. The zero-order valence-electron chi connectivity index (χ0n) is 13.3. The number of nitrogens with one attached hydrogen (secondary N) is 1. The molecule has 2 aromatic carbocycles. The molecule has 0 heterocycles. The summed E-state index contributed by atoms with van der Waals surface area (Å²) >= 11 is 0. The van der Waals surface area contributed by atoms with Crippen molar-refractivity contribution >= 4 is 0 Å². The third kappa shape index (κ3) is 3.51. The molecule has 0 aliphatic carbocycles. The van der Waals surface area contributed by atoms with E-state index >= 15 is 0 Å². The summed E-state index contributed by atoms with van der Waals surface area (Å²) in [7, 11) is 0. The third-order valence-corrected chi connectivity index (χ3v) is 3.94. The van der Waals surface area contributed by atoms with Gasteiger partial charge < -0.3 is 5.32 Å². The molecule has 2 heteroatoms. The second-order valence-electron chi connectivity index (χ2n) is 5.70. The summed E-state index contributed by atoms with van der Waals surface area (Å²) in [5.74, 6) is -0.144. The van der Waals surface area contributed by atoms with E-state index in [1.807, 2.05) is 19.1 Å². The molecule has 1 N–H and O–H groups in total. The van der Waals surface area contributed by atoms with E-state index in [2.05, 4.69) is 44.3 Å². The predicted octanol–water partition coefficient (Wildman–Crippen LogP) is 4.84. The quantitative estimate of drug-likeness (QED) is 0.829. The predicted molar refractivity (Wildman–Crippen MR) is 87.2 cm³/mol. The fraction of sp³-hybridized carbons (Fsp3) is 0.368. The minimum absolute atomic E-state index is 0.116. The standard InChI is InChI=1S/C19H24FN/c1-5-11-21-19(16-9-10-17(20)15(4)12-16)18-13(2)7-6-8-14(18)3/h6-10,12,19,21H,5,11H2,1-4H3. The van der Waals surface area contributed by atoms with Gasteiger partial charge in [0.05, 0.1) is 6.04 Å². The molecule has 0 aromatic heterocycles. The highest BCUT2D eigenvalue weighted by Crippen LogP contribution is 2.29. The van der Waals surface area contributed by atoms with Crippen molar-refractivity contribution in [3.8, 4) is 0 Å². The van der Waals surface area contributed by atoms with Gasteiger partial charge in [-0.2, -0.15) is 0 Å². The van der Waals surface area contributed by atoms with Crippen LogP contribution in [0.25, 0.3) is 0 Å². The molecule has 0 aliphatic rings. The van der Waals surface area contributed by atoms with Crippen LogP contribution in [0.15, 0.2) is 36.4 Å². The van der Waals surface area contributed by atoms with E-state index in [-0.39, 0.29) is 11.9 Å². The molecule has 0 amide bonds. The van der Waals surface area contributed by atoms with Gasteiger partial charge in [-0.25, -0.2) is 4.39 Å².